The fourth-order valence-electron chi connectivity index (χ4n) is 1.84. The van der Waals surface area contributed by atoms with E-state index in [-0.39, 0.29) is 24.2 Å². The van der Waals surface area contributed by atoms with Crippen molar-refractivity contribution in [1.82, 2.24) is 4.98 Å². The number of aromatic nitrogens is 1. The van der Waals surface area contributed by atoms with E-state index in [2.05, 4.69) is 20.9 Å². The number of hydrogen-bond acceptors (Lipinski definition) is 4. The summed E-state index contributed by atoms with van der Waals surface area (Å²) in [7, 11) is 0. The number of oxazole rings is 1. The number of hydrogen-bond donors (Lipinski definition) is 0. The third-order valence-electron chi connectivity index (χ3n) is 2.82. The summed E-state index contributed by atoms with van der Waals surface area (Å²) in [5.74, 6) is -0.733. The topological polar surface area (TPSA) is 52.3 Å². The monoisotopic (exact) mass is 355 g/mol. The van der Waals surface area contributed by atoms with Gasteiger partial charge in [-0.2, -0.15) is 0 Å². The summed E-state index contributed by atoms with van der Waals surface area (Å²) in [5.41, 5.74) is 0.951. The minimum Gasteiger partial charge on any atom is -0.460 e. The van der Waals surface area contributed by atoms with Crippen molar-refractivity contribution in [2.45, 2.75) is 26.7 Å². The summed E-state index contributed by atoms with van der Waals surface area (Å²) in [6.45, 7) is 5.75. The third kappa shape index (κ3) is 3.32. The molecule has 0 radical (unpaired) electrons. The first kappa shape index (κ1) is 15.7. The summed E-state index contributed by atoms with van der Waals surface area (Å²) in [6.07, 6.45) is 0. The zero-order valence-corrected chi connectivity index (χ0v) is 13.5. The Bertz CT molecular complexity index is 667. The molecule has 0 aliphatic heterocycles. The molecule has 0 N–H and O–H groups in total. The molecule has 0 amide bonds. The van der Waals surface area contributed by atoms with E-state index in [1.54, 1.807) is 13.0 Å². The first-order valence-corrected chi connectivity index (χ1v) is 7.36. The van der Waals surface area contributed by atoms with Crippen LogP contribution in [-0.2, 0) is 4.74 Å². The molecule has 0 bridgehead atoms. The second-order valence-corrected chi connectivity index (χ2v) is 5.59. The van der Waals surface area contributed by atoms with E-state index in [1.807, 2.05) is 13.8 Å². The molecule has 6 heteroatoms. The second-order valence-electron chi connectivity index (χ2n) is 4.73. The van der Waals surface area contributed by atoms with Gasteiger partial charge in [-0.05, 0) is 47.0 Å². The second kappa shape index (κ2) is 6.39. The van der Waals surface area contributed by atoms with Gasteiger partial charge in [0.2, 0.25) is 11.7 Å². The van der Waals surface area contributed by atoms with E-state index in [4.69, 9.17) is 9.15 Å². The van der Waals surface area contributed by atoms with Crippen molar-refractivity contribution >= 4 is 21.9 Å². The lowest BCUT2D eigenvalue weighted by Crippen LogP contribution is -2.07. The number of ether oxygens (including phenoxy) is 1. The van der Waals surface area contributed by atoms with E-state index in [0.717, 1.165) is 0 Å². The lowest BCUT2D eigenvalue weighted by Gasteiger charge is -2.02. The van der Waals surface area contributed by atoms with Crippen molar-refractivity contribution in [3.05, 3.63) is 39.9 Å². The highest BCUT2D eigenvalue weighted by atomic mass is 79.9. The Balaban J connectivity index is 2.53. The lowest BCUT2D eigenvalue weighted by molar-refractivity contribution is 0.0488. The molecular weight excluding hydrogens is 341 g/mol. The molecule has 0 unspecified atom stereocenters. The molecule has 0 saturated heterocycles. The fraction of sp³-hybridized carbons (Fsp3) is 0.333. The Labute approximate surface area is 130 Å². The highest BCUT2D eigenvalue weighted by molar-refractivity contribution is 9.10. The molecule has 4 nitrogen and oxygen atoms in total. The van der Waals surface area contributed by atoms with E-state index in [1.165, 1.54) is 12.1 Å². The van der Waals surface area contributed by atoms with Crippen molar-refractivity contribution < 1.29 is 18.3 Å². The maximum absolute atomic E-state index is 13.4. The largest absolute Gasteiger partial charge is 0.460 e. The summed E-state index contributed by atoms with van der Waals surface area (Å²) in [4.78, 5) is 16.2. The normalized spacial score (nSPS) is 11.0. The Kier molecular flexibility index (Phi) is 4.77. The molecule has 2 rings (SSSR count). The van der Waals surface area contributed by atoms with Gasteiger partial charge < -0.3 is 9.15 Å². The highest BCUT2D eigenvalue weighted by Gasteiger charge is 2.25. The van der Waals surface area contributed by atoms with Gasteiger partial charge in [0.25, 0.3) is 0 Å². The molecule has 0 aliphatic rings. The van der Waals surface area contributed by atoms with Crippen LogP contribution >= 0.6 is 15.9 Å². The van der Waals surface area contributed by atoms with Crippen molar-refractivity contribution in [1.29, 1.82) is 0 Å². The standard InChI is InChI=1S/C15H15BrFNO3/c1-4-20-15(19)13-12(8(2)3)18-14(21-13)10-7-9(17)5-6-11(10)16/h5-8H,4H2,1-3H3. The molecule has 112 valence electrons. The van der Waals surface area contributed by atoms with Crippen molar-refractivity contribution in [2.75, 3.05) is 6.61 Å². The van der Waals surface area contributed by atoms with E-state index in [9.17, 15) is 9.18 Å². The zero-order chi connectivity index (χ0) is 15.6. The van der Waals surface area contributed by atoms with Gasteiger partial charge in [0, 0.05) is 4.47 Å². The first-order valence-electron chi connectivity index (χ1n) is 6.57. The number of esters is 1. The number of carbonyl (C=O) groups excluding carboxylic acids is 1. The van der Waals surface area contributed by atoms with Crippen molar-refractivity contribution in [3.8, 4) is 11.5 Å². The van der Waals surface area contributed by atoms with E-state index < -0.39 is 11.8 Å². The van der Waals surface area contributed by atoms with Gasteiger partial charge in [-0.15, -0.1) is 0 Å². The van der Waals surface area contributed by atoms with Gasteiger partial charge in [0.05, 0.1) is 17.9 Å². The predicted octanol–water partition coefficient (Wildman–Crippen LogP) is 4.54. The molecule has 2 aromatic rings. The maximum atomic E-state index is 13.4. The predicted molar refractivity (Wildman–Crippen MR) is 79.6 cm³/mol. The molecule has 0 atom stereocenters. The quantitative estimate of drug-likeness (QED) is 0.755. The summed E-state index contributed by atoms with van der Waals surface area (Å²) < 4.78 is 24.5. The Morgan fingerprint density at radius 2 is 2.19 bits per heavy atom. The molecule has 0 saturated carbocycles. The number of rotatable bonds is 4. The van der Waals surface area contributed by atoms with Gasteiger partial charge in [-0.3, -0.25) is 0 Å². The molecule has 1 heterocycles. The zero-order valence-electron chi connectivity index (χ0n) is 11.9. The molecule has 0 fully saturated rings. The average Bonchev–Trinajstić information content (AvgIpc) is 2.87. The van der Waals surface area contributed by atoms with Crippen LogP contribution in [0, 0.1) is 5.82 Å². The minimum atomic E-state index is -0.563. The van der Waals surface area contributed by atoms with Gasteiger partial charge in [0.15, 0.2) is 0 Å². The number of benzene rings is 1. The van der Waals surface area contributed by atoms with Crippen LogP contribution in [0.5, 0.6) is 0 Å². The van der Waals surface area contributed by atoms with Gasteiger partial charge in [0.1, 0.15) is 5.82 Å². The van der Waals surface area contributed by atoms with E-state index in [0.29, 0.717) is 15.7 Å². The molecule has 1 aromatic carbocycles. The molecule has 0 aliphatic carbocycles. The molecular formula is C15H15BrFNO3. The summed E-state index contributed by atoms with van der Waals surface area (Å²) >= 11 is 3.32. The highest BCUT2D eigenvalue weighted by Crippen LogP contribution is 2.32. The van der Waals surface area contributed by atoms with Crippen LogP contribution in [0.3, 0.4) is 0 Å². The minimum absolute atomic E-state index is 0.0192. The van der Waals surface area contributed by atoms with Crippen LogP contribution in [0.2, 0.25) is 0 Å². The van der Waals surface area contributed by atoms with Crippen LogP contribution in [-0.4, -0.2) is 17.6 Å². The van der Waals surface area contributed by atoms with E-state index >= 15 is 0 Å². The van der Waals surface area contributed by atoms with Crippen LogP contribution in [0.25, 0.3) is 11.5 Å². The van der Waals surface area contributed by atoms with Gasteiger partial charge in [-0.25, -0.2) is 14.2 Å². The van der Waals surface area contributed by atoms with Crippen molar-refractivity contribution in [2.24, 2.45) is 0 Å². The van der Waals surface area contributed by atoms with Crippen LogP contribution in [0.1, 0.15) is 42.9 Å². The number of halogens is 2. The van der Waals surface area contributed by atoms with Crippen molar-refractivity contribution in [3.63, 3.8) is 0 Å². The van der Waals surface area contributed by atoms with Crippen LogP contribution in [0.4, 0.5) is 4.39 Å². The van der Waals surface area contributed by atoms with Gasteiger partial charge >= 0.3 is 5.97 Å². The smallest absolute Gasteiger partial charge is 0.376 e. The Hall–Kier alpha value is -1.69. The first-order chi connectivity index (χ1) is 9.93. The third-order valence-corrected chi connectivity index (χ3v) is 3.51. The maximum Gasteiger partial charge on any atom is 0.376 e. The average molecular weight is 356 g/mol. The Morgan fingerprint density at radius 3 is 2.81 bits per heavy atom. The molecule has 0 spiro atoms. The molecule has 1 aromatic heterocycles. The van der Waals surface area contributed by atoms with Gasteiger partial charge in [-0.1, -0.05) is 13.8 Å². The number of nitrogens with zero attached hydrogens (tertiary/aromatic N) is 1. The van der Waals surface area contributed by atoms with Crippen LogP contribution < -0.4 is 0 Å². The lowest BCUT2D eigenvalue weighted by atomic mass is 10.1. The fourth-order valence-corrected chi connectivity index (χ4v) is 2.26. The summed E-state index contributed by atoms with van der Waals surface area (Å²) in [6, 6.07) is 4.19. The molecule has 21 heavy (non-hydrogen) atoms. The summed E-state index contributed by atoms with van der Waals surface area (Å²) in [5, 5.41) is 0. The number of carbonyl (C=O) groups is 1. The Morgan fingerprint density at radius 1 is 1.48 bits per heavy atom. The SMILES string of the molecule is CCOC(=O)c1oc(-c2cc(F)ccc2Br)nc1C(C)C. The van der Waals surface area contributed by atoms with Crippen LogP contribution in [0.15, 0.2) is 27.1 Å².